The van der Waals surface area contributed by atoms with Crippen molar-refractivity contribution in [3.63, 3.8) is 0 Å². The molecular formula is C22H28IN5O2. The monoisotopic (exact) mass is 521 g/mol. The Bertz CT molecular complexity index is 890. The van der Waals surface area contributed by atoms with Gasteiger partial charge in [0, 0.05) is 56.6 Å². The topological polar surface area (TPSA) is 81.9 Å². The minimum Gasteiger partial charge on any atom is -0.497 e. The number of rotatable bonds is 6. The number of aliphatic imine (C=N–C) groups is 1. The largest absolute Gasteiger partial charge is 0.497 e. The molecule has 0 amide bonds. The van der Waals surface area contributed by atoms with Crippen molar-refractivity contribution in [3.8, 4) is 17.6 Å². The van der Waals surface area contributed by atoms with Gasteiger partial charge in [-0.1, -0.05) is 12.1 Å². The van der Waals surface area contributed by atoms with Gasteiger partial charge in [0.2, 0.25) is 0 Å². The van der Waals surface area contributed by atoms with Crippen molar-refractivity contribution in [2.45, 2.75) is 19.0 Å². The maximum atomic E-state index is 9.03. The maximum absolute atomic E-state index is 9.03. The summed E-state index contributed by atoms with van der Waals surface area (Å²) in [5, 5.41) is 15.9. The van der Waals surface area contributed by atoms with Crippen LogP contribution in [0.5, 0.6) is 11.5 Å². The highest BCUT2D eigenvalue weighted by Gasteiger charge is 2.24. The third-order valence-corrected chi connectivity index (χ3v) is 4.97. The van der Waals surface area contributed by atoms with Gasteiger partial charge in [-0.15, -0.1) is 24.0 Å². The number of anilines is 1. The zero-order chi connectivity index (χ0) is 20.6. The molecule has 1 atom stereocenters. The van der Waals surface area contributed by atoms with Crippen LogP contribution in [-0.4, -0.2) is 46.4 Å². The van der Waals surface area contributed by atoms with Crippen LogP contribution in [0.4, 0.5) is 5.69 Å². The minimum atomic E-state index is 0. The van der Waals surface area contributed by atoms with Gasteiger partial charge in [-0.25, -0.2) is 0 Å². The van der Waals surface area contributed by atoms with Gasteiger partial charge in [0.05, 0.1) is 25.9 Å². The molecule has 2 N–H and O–H groups in total. The fraction of sp³-hybridized carbons (Fsp3) is 0.364. The Balaban J connectivity index is 0.00000320. The predicted octanol–water partition coefficient (Wildman–Crippen LogP) is 3.14. The summed E-state index contributed by atoms with van der Waals surface area (Å²) in [6.45, 7) is 2.41. The van der Waals surface area contributed by atoms with E-state index in [0.29, 0.717) is 12.1 Å². The van der Waals surface area contributed by atoms with E-state index >= 15 is 0 Å². The Hall–Kier alpha value is -2.67. The number of nitrogens with zero attached hydrogens (tertiary/aromatic N) is 3. The summed E-state index contributed by atoms with van der Waals surface area (Å²) < 4.78 is 10.8. The molecule has 0 saturated carbocycles. The number of benzene rings is 2. The number of hydrogen-bond acceptors (Lipinski definition) is 5. The van der Waals surface area contributed by atoms with Crippen LogP contribution in [0.2, 0.25) is 0 Å². The van der Waals surface area contributed by atoms with E-state index in [-0.39, 0.29) is 30.0 Å². The van der Waals surface area contributed by atoms with Gasteiger partial charge in [-0.05, 0) is 24.1 Å². The molecule has 0 aliphatic carbocycles. The Labute approximate surface area is 195 Å². The van der Waals surface area contributed by atoms with Crippen LogP contribution in [0, 0.1) is 11.3 Å². The molecule has 1 aliphatic rings. The first-order valence-corrected chi connectivity index (χ1v) is 9.59. The molecule has 0 bridgehead atoms. The van der Waals surface area contributed by atoms with Crippen molar-refractivity contribution in [2.24, 2.45) is 4.99 Å². The van der Waals surface area contributed by atoms with Crippen LogP contribution < -0.4 is 25.0 Å². The first-order chi connectivity index (χ1) is 14.1. The van der Waals surface area contributed by atoms with Gasteiger partial charge >= 0.3 is 0 Å². The van der Waals surface area contributed by atoms with Crippen molar-refractivity contribution in [1.29, 1.82) is 5.26 Å². The van der Waals surface area contributed by atoms with E-state index in [1.165, 1.54) is 0 Å². The number of ether oxygens (including phenoxy) is 2. The van der Waals surface area contributed by atoms with Crippen molar-refractivity contribution >= 4 is 35.6 Å². The zero-order valence-corrected chi connectivity index (χ0v) is 19.8. The Morgan fingerprint density at radius 1 is 1.20 bits per heavy atom. The quantitative estimate of drug-likeness (QED) is 0.346. The second-order valence-electron chi connectivity index (χ2n) is 6.88. The first-order valence-electron chi connectivity index (χ1n) is 9.59. The fourth-order valence-corrected chi connectivity index (χ4v) is 3.41. The zero-order valence-electron chi connectivity index (χ0n) is 17.5. The predicted molar refractivity (Wildman–Crippen MR) is 130 cm³/mol. The standard InChI is InChI=1S/C22H27N5O2.HI/c1-24-22(25-14-17-6-4-5-16(9-17)13-23)26-18-7-8-27(15-18)19-10-20(28-2)12-21(11-19)29-3;/h4-6,9-12,18H,7-8,14-15H2,1-3H3,(H2,24,25,26);1H. The second kappa shape index (κ2) is 11.5. The fourth-order valence-electron chi connectivity index (χ4n) is 3.41. The third kappa shape index (κ3) is 6.16. The molecule has 1 fully saturated rings. The summed E-state index contributed by atoms with van der Waals surface area (Å²) in [5.41, 5.74) is 2.79. The lowest BCUT2D eigenvalue weighted by Crippen LogP contribution is -2.44. The summed E-state index contributed by atoms with van der Waals surface area (Å²) in [4.78, 5) is 6.64. The summed E-state index contributed by atoms with van der Waals surface area (Å²) in [5.74, 6) is 2.32. The summed E-state index contributed by atoms with van der Waals surface area (Å²) in [6.07, 6.45) is 1.00. The molecule has 1 unspecified atom stereocenters. The van der Waals surface area contributed by atoms with Crippen molar-refractivity contribution in [1.82, 2.24) is 10.6 Å². The Morgan fingerprint density at radius 2 is 1.93 bits per heavy atom. The number of nitrogens with one attached hydrogen (secondary N) is 2. The molecule has 2 aromatic rings. The Kier molecular flexibility index (Phi) is 9.05. The molecule has 160 valence electrons. The molecule has 1 saturated heterocycles. The van der Waals surface area contributed by atoms with Crippen LogP contribution in [0.15, 0.2) is 47.5 Å². The lowest BCUT2D eigenvalue weighted by molar-refractivity contribution is 0.394. The molecule has 1 heterocycles. The highest BCUT2D eigenvalue weighted by atomic mass is 127. The van der Waals surface area contributed by atoms with E-state index in [1.54, 1.807) is 27.3 Å². The summed E-state index contributed by atoms with van der Waals surface area (Å²) in [6, 6.07) is 16.0. The second-order valence-corrected chi connectivity index (χ2v) is 6.88. The number of hydrogen-bond donors (Lipinski definition) is 2. The number of nitriles is 1. The molecule has 30 heavy (non-hydrogen) atoms. The van der Waals surface area contributed by atoms with E-state index < -0.39 is 0 Å². The number of halogens is 1. The minimum absolute atomic E-state index is 0. The third-order valence-electron chi connectivity index (χ3n) is 4.97. The number of guanidine groups is 1. The number of methoxy groups -OCH3 is 2. The molecule has 0 spiro atoms. The van der Waals surface area contributed by atoms with Crippen LogP contribution in [0.25, 0.3) is 0 Å². The highest BCUT2D eigenvalue weighted by molar-refractivity contribution is 14.0. The smallest absolute Gasteiger partial charge is 0.191 e. The van der Waals surface area contributed by atoms with Gasteiger partial charge in [0.1, 0.15) is 11.5 Å². The molecule has 2 aromatic carbocycles. The van der Waals surface area contributed by atoms with E-state index in [0.717, 1.165) is 48.2 Å². The molecule has 7 nitrogen and oxygen atoms in total. The molecule has 8 heteroatoms. The van der Waals surface area contributed by atoms with Gasteiger partial charge in [-0.3, -0.25) is 4.99 Å². The summed E-state index contributed by atoms with van der Waals surface area (Å²) >= 11 is 0. The first kappa shape index (κ1) is 23.6. The Morgan fingerprint density at radius 3 is 2.57 bits per heavy atom. The van der Waals surface area contributed by atoms with Crippen LogP contribution in [0.1, 0.15) is 17.5 Å². The molecule has 1 aliphatic heterocycles. The van der Waals surface area contributed by atoms with E-state index in [4.69, 9.17) is 14.7 Å². The molecular weight excluding hydrogens is 493 g/mol. The van der Waals surface area contributed by atoms with Crippen molar-refractivity contribution < 1.29 is 9.47 Å². The maximum Gasteiger partial charge on any atom is 0.191 e. The van der Waals surface area contributed by atoms with Crippen LogP contribution in [0.3, 0.4) is 0 Å². The normalized spacial score (nSPS) is 15.7. The average Bonchev–Trinajstić information content (AvgIpc) is 3.24. The van der Waals surface area contributed by atoms with E-state index in [1.807, 2.05) is 36.4 Å². The van der Waals surface area contributed by atoms with Gasteiger partial charge in [0.25, 0.3) is 0 Å². The van der Waals surface area contributed by atoms with Crippen molar-refractivity contribution in [3.05, 3.63) is 53.6 Å². The van der Waals surface area contributed by atoms with E-state index in [2.05, 4.69) is 26.6 Å². The van der Waals surface area contributed by atoms with Crippen molar-refractivity contribution in [2.75, 3.05) is 39.3 Å². The molecule has 3 rings (SSSR count). The van der Waals surface area contributed by atoms with Crippen LogP contribution >= 0.6 is 24.0 Å². The summed E-state index contributed by atoms with van der Waals surface area (Å²) in [7, 11) is 5.09. The van der Waals surface area contributed by atoms with E-state index in [9.17, 15) is 0 Å². The van der Waals surface area contributed by atoms with Gasteiger partial charge in [-0.2, -0.15) is 5.26 Å². The van der Waals surface area contributed by atoms with Gasteiger partial charge < -0.3 is 25.0 Å². The van der Waals surface area contributed by atoms with Crippen LogP contribution in [-0.2, 0) is 6.54 Å². The SMILES string of the molecule is CN=C(NCc1cccc(C#N)c1)NC1CCN(c2cc(OC)cc(OC)c2)C1.I. The average molecular weight is 521 g/mol. The lowest BCUT2D eigenvalue weighted by atomic mass is 10.1. The van der Waals surface area contributed by atoms with Gasteiger partial charge in [0.15, 0.2) is 5.96 Å². The molecule has 0 aromatic heterocycles. The molecule has 0 radical (unpaired) electrons. The highest BCUT2D eigenvalue weighted by Crippen LogP contribution is 2.30. The lowest BCUT2D eigenvalue weighted by Gasteiger charge is -2.21.